The molecule has 1 aliphatic rings. The van der Waals surface area contributed by atoms with Gasteiger partial charge in [-0.05, 0) is 26.2 Å². The highest BCUT2D eigenvalue weighted by atomic mass is 16.1. The molecule has 4 nitrogen and oxygen atoms in total. The summed E-state index contributed by atoms with van der Waals surface area (Å²) in [6, 6.07) is 1.98. The number of hydrogen-bond donors (Lipinski definition) is 0. The fourth-order valence-corrected chi connectivity index (χ4v) is 1.90. The van der Waals surface area contributed by atoms with Gasteiger partial charge in [0.25, 0.3) is 5.56 Å². The number of aryl methyl sites for hydroxylation is 2. The van der Waals surface area contributed by atoms with Gasteiger partial charge >= 0.3 is 0 Å². The average Bonchev–Trinajstić information content (AvgIpc) is 2.60. The zero-order valence-corrected chi connectivity index (χ0v) is 8.08. The summed E-state index contributed by atoms with van der Waals surface area (Å²) in [5.74, 6) is 0.650. The molecule has 1 heterocycles. The summed E-state index contributed by atoms with van der Waals surface area (Å²) in [7, 11) is 0. The highest BCUT2D eigenvalue weighted by molar-refractivity contribution is 5.23. The van der Waals surface area contributed by atoms with E-state index in [-0.39, 0.29) is 12.1 Å². The van der Waals surface area contributed by atoms with Crippen molar-refractivity contribution in [3.05, 3.63) is 27.4 Å². The maximum absolute atomic E-state index is 11.8. The lowest BCUT2D eigenvalue weighted by molar-refractivity contribution is 0.706. The first kappa shape index (κ1) is 8.95. The van der Waals surface area contributed by atoms with Crippen LogP contribution in [0.2, 0.25) is 0 Å². The van der Waals surface area contributed by atoms with Crippen molar-refractivity contribution in [1.82, 2.24) is 9.55 Å². The van der Waals surface area contributed by atoms with E-state index in [1.807, 2.05) is 6.07 Å². The minimum Gasteiger partial charge on any atom is -0.283 e. The molecular formula is C10H11N3O. The predicted molar refractivity (Wildman–Crippen MR) is 50.9 cm³/mol. The lowest BCUT2D eigenvalue weighted by atomic mass is 10.2. The summed E-state index contributed by atoms with van der Waals surface area (Å²) in [6.45, 7) is 1.88. The smallest absolute Gasteiger partial charge is 0.257 e. The van der Waals surface area contributed by atoms with Crippen LogP contribution in [-0.2, 0) is 19.4 Å². The lowest BCUT2D eigenvalue weighted by Crippen LogP contribution is -2.27. The van der Waals surface area contributed by atoms with Crippen LogP contribution in [0, 0.1) is 18.3 Å². The summed E-state index contributed by atoms with van der Waals surface area (Å²) >= 11 is 0. The molecule has 1 aliphatic carbocycles. The van der Waals surface area contributed by atoms with E-state index in [0.717, 1.165) is 30.5 Å². The molecule has 1 aromatic rings. The molecule has 0 unspecified atom stereocenters. The molecule has 0 saturated heterocycles. The van der Waals surface area contributed by atoms with Crippen molar-refractivity contribution in [3.63, 3.8) is 0 Å². The quantitative estimate of drug-likeness (QED) is 0.648. The summed E-state index contributed by atoms with van der Waals surface area (Å²) in [4.78, 5) is 16.2. The van der Waals surface area contributed by atoms with E-state index < -0.39 is 0 Å². The largest absolute Gasteiger partial charge is 0.283 e. The van der Waals surface area contributed by atoms with Crippen LogP contribution in [0.15, 0.2) is 4.79 Å². The molecule has 0 bridgehead atoms. The second kappa shape index (κ2) is 3.26. The second-order valence-corrected chi connectivity index (χ2v) is 3.49. The molecule has 0 radical (unpaired) electrons. The zero-order chi connectivity index (χ0) is 10.1. The Bertz CT molecular complexity index is 467. The number of fused-ring (bicyclic) bond motifs is 1. The van der Waals surface area contributed by atoms with Crippen molar-refractivity contribution in [3.8, 4) is 6.07 Å². The van der Waals surface area contributed by atoms with E-state index in [2.05, 4.69) is 4.98 Å². The number of hydrogen-bond acceptors (Lipinski definition) is 3. The van der Waals surface area contributed by atoms with Gasteiger partial charge in [-0.2, -0.15) is 5.26 Å². The highest BCUT2D eigenvalue weighted by Crippen LogP contribution is 2.16. The van der Waals surface area contributed by atoms with Crippen LogP contribution in [0.25, 0.3) is 0 Å². The Morgan fingerprint density at radius 3 is 3.07 bits per heavy atom. The molecule has 0 fully saturated rings. The first-order valence-electron chi connectivity index (χ1n) is 4.70. The maximum Gasteiger partial charge on any atom is 0.257 e. The van der Waals surface area contributed by atoms with Gasteiger partial charge in [-0.15, -0.1) is 0 Å². The topological polar surface area (TPSA) is 58.7 Å². The first-order chi connectivity index (χ1) is 6.74. The fraction of sp³-hybridized carbons (Fsp3) is 0.500. The van der Waals surface area contributed by atoms with Gasteiger partial charge in [0.05, 0.1) is 11.8 Å². The van der Waals surface area contributed by atoms with Crippen molar-refractivity contribution >= 4 is 0 Å². The second-order valence-electron chi connectivity index (χ2n) is 3.49. The third-order valence-electron chi connectivity index (χ3n) is 2.61. The van der Waals surface area contributed by atoms with Crippen LogP contribution in [0.5, 0.6) is 0 Å². The molecule has 72 valence electrons. The van der Waals surface area contributed by atoms with E-state index in [9.17, 15) is 4.79 Å². The normalized spacial score (nSPS) is 13.7. The molecule has 1 aromatic heterocycles. The minimum absolute atomic E-state index is 0.0217. The molecule has 14 heavy (non-hydrogen) atoms. The predicted octanol–water partition coefficient (Wildman–Crippen LogP) is 0.564. The van der Waals surface area contributed by atoms with E-state index in [0.29, 0.717) is 5.82 Å². The van der Waals surface area contributed by atoms with Crippen molar-refractivity contribution in [1.29, 1.82) is 5.26 Å². The molecule has 0 amide bonds. The van der Waals surface area contributed by atoms with Crippen LogP contribution < -0.4 is 5.56 Å². The van der Waals surface area contributed by atoms with E-state index in [4.69, 9.17) is 5.26 Å². The molecular weight excluding hydrogens is 178 g/mol. The molecule has 0 saturated carbocycles. The van der Waals surface area contributed by atoms with Crippen molar-refractivity contribution in [2.24, 2.45) is 0 Å². The molecule has 4 heteroatoms. The average molecular weight is 189 g/mol. The van der Waals surface area contributed by atoms with Gasteiger partial charge in [0.15, 0.2) is 0 Å². The van der Waals surface area contributed by atoms with Gasteiger partial charge in [-0.3, -0.25) is 9.36 Å². The summed E-state index contributed by atoms with van der Waals surface area (Å²) in [5.41, 5.74) is 1.72. The SMILES string of the molecule is Cc1nc2c(c(=O)n1CC#N)CCC2. The Hall–Kier alpha value is -1.63. The molecule has 0 aromatic carbocycles. The van der Waals surface area contributed by atoms with Crippen LogP contribution in [0.4, 0.5) is 0 Å². The third kappa shape index (κ3) is 1.22. The van der Waals surface area contributed by atoms with E-state index >= 15 is 0 Å². The number of nitrogens with zero attached hydrogens (tertiary/aromatic N) is 3. The van der Waals surface area contributed by atoms with Crippen LogP contribution in [0.1, 0.15) is 23.5 Å². The molecule has 2 rings (SSSR count). The number of aromatic nitrogens is 2. The van der Waals surface area contributed by atoms with Crippen LogP contribution in [-0.4, -0.2) is 9.55 Å². The Morgan fingerprint density at radius 2 is 2.36 bits per heavy atom. The van der Waals surface area contributed by atoms with E-state index in [1.54, 1.807) is 6.92 Å². The monoisotopic (exact) mass is 189 g/mol. The third-order valence-corrected chi connectivity index (χ3v) is 2.61. The fourth-order valence-electron chi connectivity index (χ4n) is 1.90. The Kier molecular flexibility index (Phi) is 2.08. The highest BCUT2D eigenvalue weighted by Gasteiger charge is 2.18. The Labute approximate surface area is 81.8 Å². The molecule has 0 atom stereocenters. The van der Waals surface area contributed by atoms with Gasteiger partial charge in [0.1, 0.15) is 12.4 Å². The number of nitriles is 1. The van der Waals surface area contributed by atoms with Crippen molar-refractivity contribution in [2.45, 2.75) is 32.7 Å². The molecule has 0 aliphatic heterocycles. The molecule has 0 N–H and O–H groups in total. The van der Waals surface area contributed by atoms with Gasteiger partial charge in [0, 0.05) is 5.56 Å². The summed E-state index contributed by atoms with van der Waals surface area (Å²) in [6.07, 6.45) is 2.72. The number of rotatable bonds is 1. The maximum atomic E-state index is 11.8. The standard InChI is InChI=1S/C10H11N3O/c1-7-12-9-4-2-3-8(9)10(14)13(7)6-5-11/h2-4,6H2,1H3. The van der Waals surface area contributed by atoms with E-state index in [1.165, 1.54) is 4.57 Å². The van der Waals surface area contributed by atoms with Crippen molar-refractivity contribution < 1.29 is 0 Å². The first-order valence-corrected chi connectivity index (χ1v) is 4.70. The van der Waals surface area contributed by atoms with Gasteiger partial charge in [-0.25, -0.2) is 4.98 Å². The van der Waals surface area contributed by atoms with Gasteiger partial charge in [0.2, 0.25) is 0 Å². The lowest BCUT2D eigenvalue weighted by Gasteiger charge is -2.07. The minimum atomic E-state index is -0.0217. The zero-order valence-electron chi connectivity index (χ0n) is 8.08. The Morgan fingerprint density at radius 1 is 1.57 bits per heavy atom. The van der Waals surface area contributed by atoms with Crippen molar-refractivity contribution in [2.75, 3.05) is 0 Å². The molecule has 0 spiro atoms. The summed E-state index contributed by atoms with van der Waals surface area (Å²) in [5, 5.41) is 8.58. The van der Waals surface area contributed by atoms with Crippen LogP contribution >= 0.6 is 0 Å². The summed E-state index contributed by atoms with van der Waals surface area (Å²) < 4.78 is 1.45. The Balaban J connectivity index is 2.64. The van der Waals surface area contributed by atoms with Crippen LogP contribution in [0.3, 0.4) is 0 Å². The van der Waals surface area contributed by atoms with Gasteiger partial charge < -0.3 is 0 Å². The van der Waals surface area contributed by atoms with Gasteiger partial charge in [-0.1, -0.05) is 0 Å².